The maximum absolute atomic E-state index is 13.2. The van der Waals surface area contributed by atoms with Crippen molar-refractivity contribution in [1.29, 1.82) is 0 Å². The monoisotopic (exact) mass is 361 g/mol. The minimum atomic E-state index is -0.504. The molecule has 1 aliphatic rings. The summed E-state index contributed by atoms with van der Waals surface area (Å²) in [4.78, 5) is 17.2. The van der Waals surface area contributed by atoms with Gasteiger partial charge in [0.2, 0.25) is 5.91 Å². The molecule has 1 amide bonds. The first-order valence-electron chi connectivity index (χ1n) is 9.27. The SMILES string of the molecule is O=C(NCc1ccc(-n2ccnc2)cc1)C1(c2ccccc2)CCOCC1. The number of imidazole rings is 1. The van der Waals surface area contributed by atoms with E-state index >= 15 is 0 Å². The van der Waals surface area contributed by atoms with Crippen LogP contribution in [-0.2, 0) is 21.5 Å². The van der Waals surface area contributed by atoms with Gasteiger partial charge in [0.1, 0.15) is 0 Å². The van der Waals surface area contributed by atoms with Crippen molar-refractivity contribution in [2.75, 3.05) is 13.2 Å². The summed E-state index contributed by atoms with van der Waals surface area (Å²) in [6, 6.07) is 18.2. The van der Waals surface area contributed by atoms with Gasteiger partial charge in [-0.15, -0.1) is 0 Å². The molecule has 0 spiro atoms. The van der Waals surface area contributed by atoms with Crippen molar-refractivity contribution in [3.63, 3.8) is 0 Å². The highest BCUT2D eigenvalue weighted by molar-refractivity contribution is 5.88. The fourth-order valence-corrected chi connectivity index (χ4v) is 3.67. The van der Waals surface area contributed by atoms with Crippen LogP contribution in [0.5, 0.6) is 0 Å². The Morgan fingerprint density at radius 2 is 1.81 bits per heavy atom. The van der Waals surface area contributed by atoms with E-state index in [2.05, 4.69) is 10.3 Å². The lowest BCUT2D eigenvalue weighted by atomic mass is 9.73. The van der Waals surface area contributed by atoms with E-state index in [9.17, 15) is 4.79 Å². The van der Waals surface area contributed by atoms with Gasteiger partial charge in [-0.1, -0.05) is 42.5 Å². The van der Waals surface area contributed by atoms with Crippen LogP contribution in [-0.4, -0.2) is 28.7 Å². The molecule has 0 bridgehead atoms. The number of nitrogens with zero attached hydrogens (tertiary/aromatic N) is 2. The van der Waals surface area contributed by atoms with Crippen molar-refractivity contribution in [2.45, 2.75) is 24.8 Å². The molecule has 2 aromatic carbocycles. The van der Waals surface area contributed by atoms with Crippen LogP contribution in [0.2, 0.25) is 0 Å². The number of amides is 1. The third-order valence-electron chi connectivity index (χ3n) is 5.30. The zero-order valence-corrected chi connectivity index (χ0v) is 15.2. The van der Waals surface area contributed by atoms with Gasteiger partial charge in [-0.05, 0) is 36.1 Å². The van der Waals surface area contributed by atoms with Gasteiger partial charge in [0, 0.05) is 37.8 Å². The zero-order chi connectivity index (χ0) is 18.5. The van der Waals surface area contributed by atoms with Gasteiger partial charge >= 0.3 is 0 Å². The molecule has 0 atom stereocenters. The Balaban J connectivity index is 1.47. The molecule has 27 heavy (non-hydrogen) atoms. The second kappa shape index (κ2) is 7.76. The number of hydrogen-bond donors (Lipinski definition) is 1. The Kier molecular flexibility index (Phi) is 5.03. The molecule has 0 saturated carbocycles. The highest BCUT2D eigenvalue weighted by Gasteiger charge is 2.41. The van der Waals surface area contributed by atoms with Gasteiger partial charge in [-0.25, -0.2) is 4.98 Å². The van der Waals surface area contributed by atoms with Gasteiger partial charge in [-0.2, -0.15) is 0 Å². The topological polar surface area (TPSA) is 56.2 Å². The molecule has 1 saturated heterocycles. The van der Waals surface area contributed by atoms with E-state index in [4.69, 9.17) is 4.74 Å². The molecule has 1 fully saturated rings. The standard InChI is InChI=1S/C22H23N3O2/c26-21(22(10-14-27-15-11-22)19-4-2-1-3-5-19)24-16-18-6-8-20(9-7-18)25-13-12-23-17-25/h1-9,12-13,17H,10-11,14-16H2,(H,24,26). The summed E-state index contributed by atoms with van der Waals surface area (Å²) in [5.74, 6) is 0.0793. The normalized spacial score (nSPS) is 16.0. The Morgan fingerprint density at radius 3 is 2.48 bits per heavy atom. The fourth-order valence-electron chi connectivity index (χ4n) is 3.67. The van der Waals surface area contributed by atoms with Crippen molar-refractivity contribution in [3.8, 4) is 5.69 Å². The lowest BCUT2D eigenvalue weighted by molar-refractivity contribution is -0.130. The minimum absolute atomic E-state index is 0.0793. The van der Waals surface area contributed by atoms with Crippen molar-refractivity contribution in [2.24, 2.45) is 0 Å². The number of rotatable bonds is 5. The van der Waals surface area contributed by atoms with Crippen LogP contribution in [0.15, 0.2) is 73.3 Å². The minimum Gasteiger partial charge on any atom is -0.381 e. The largest absolute Gasteiger partial charge is 0.381 e. The first-order valence-corrected chi connectivity index (χ1v) is 9.27. The maximum Gasteiger partial charge on any atom is 0.231 e. The predicted octanol–water partition coefficient (Wildman–Crippen LogP) is 3.24. The second-order valence-corrected chi connectivity index (χ2v) is 6.88. The molecule has 1 N–H and O–H groups in total. The molecular weight excluding hydrogens is 338 g/mol. The first-order chi connectivity index (χ1) is 13.3. The van der Waals surface area contributed by atoms with Crippen molar-refractivity contribution < 1.29 is 9.53 Å². The summed E-state index contributed by atoms with van der Waals surface area (Å²) in [5, 5.41) is 3.15. The fraction of sp³-hybridized carbons (Fsp3) is 0.273. The second-order valence-electron chi connectivity index (χ2n) is 6.88. The molecule has 0 radical (unpaired) electrons. The van der Waals surface area contributed by atoms with Crippen LogP contribution in [0.25, 0.3) is 5.69 Å². The average Bonchev–Trinajstić information content (AvgIpc) is 3.28. The van der Waals surface area contributed by atoms with E-state index in [1.165, 1.54) is 0 Å². The number of nitrogens with one attached hydrogen (secondary N) is 1. The highest BCUT2D eigenvalue weighted by atomic mass is 16.5. The van der Waals surface area contributed by atoms with Crippen LogP contribution >= 0.6 is 0 Å². The number of benzene rings is 2. The Morgan fingerprint density at radius 1 is 1.07 bits per heavy atom. The summed E-state index contributed by atoms with van der Waals surface area (Å²) in [5.41, 5.74) is 2.69. The van der Waals surface area contributed by atoms with E-state index in [0.717, 1.165) is 16.8 Å². The number of hydrogen-bond acceptors (Lipinski definition) is 3. The van der Waals surface area contributed by atoms with Crippen molar-refractivity contribution in [1.82, 2.24) is 14.9 Å². The van der Waals surface area contributed by atoms with E-state index in [1.54, 1.807) is 12.5 Å². The molecule has 5 heteroatoms. The van der Waals surface area contributed by atoms with Gasteiger partial charge < -0.3 is 14.6 Å². The van der Waals surface area contributed by atoms with E-state index in [-0.39, 0.29) is 5.91 Å². The summed E-state index contributed by atoms with van der Waals surface area (Å²) < 4.78 is 7.47. The summed E-state index contributed by atoms with van der Waals surface area (Å²) in [6.07, 6.45) is 6.85. The van der Waals surface area contributed by atoms with Crippen LogP contribution < -0.4 is 5.32 Å². The quantitative estimate of drug-likeness (QED) is 0.759. The highest BCUT2D eigenvalue weighted by Crippen LogP contribution is 2.35. The number of carbonyl (C=O) groups is 1. The van der Waals surface area contributed by atoms with Gasteiger partial charge in [0.25, 0.3) is 0 Å². The molecule has 138 valence electrons. The van der Waals surface area contributed by atoms with Gasteiger partial charge in [0.15, 0.2) is 0 Å². The molecule has 1 aromatic heterocycles. The Labute approximate surface area is 159 Å². The van der Waals surface area contributed by atoms with Crippen LogP contribution in [0.3, 0.4) is 0 Å². The molecule has 0 unspecified atom stereocenters. The average molecular weight is 361 g/mol. The number of carbonyl (C=O) groups excluding carboxylic acids is 1. The summed E-state index contributed by atoms with van der Waals surface area (Å²) in [7, 11) is 0. The molecule has 4 rings (SSSR count). The van der Waals surface area contributed by atoms with Crippen LogP contribution in [0, 0.1) is 0 Å². The van der Waals surface area contributed by atoms with Crippen LogP contribution in [0.4, 0.5) is 0 Å². The maximum atomic E-state index is 13.2. The zero-order valence-electron chi connectivity index (χ0n) is 15.2. The molecule has 3 aromatic rings. The van der Waals surface area contributed by atoms with E-state index < -0.39 is 5.41 Å². The Hall–Kier alpha value is -2.92. The molecule has 5 nitrogen and oxygen atoms in total. The van der Waals surface area contributed by atoms with E-state index in [1.807, 2.05) is 65.4 Å². The first kappa shape index (κ1) is 17.5. The molecular formula is C22H23N3O2. The lowest BCUT2D eigenvalue weighted by Gasteiger charge is -2.36. The lowest BCUT2D eigenvalue weighted by Crippen LogP contribution is -2.47. The van der Waals surface area contributed by atoms with Crippen LogP contribution in [0.1, 0.15) is 24.0 Å². The van der Waals surface area contributed by atoms with Gasteiger partial charge in [-0.3, -0.25) is 4.79 Å². The molecule has 2 heterocycles. The third kappa shape index (κ3) is 3.64. The summed E-state index contributed by atoms with van der Waals surface area (Å²) >= 11 is 0. The van der Waals surface area contributed by atoms with E-state index in [0.29, 0.717) is 32.6 Å². The van der Waals surface area contributed by atoms with Crippen molar-refractivity contribution in [3.05, 3.63) is 84.4 Å². The Bertz CT molecular complexity index is 868. The number of ether oxygens (including phenoxy) is 1. The molecule has 1 aliphatic heterocycles. The smallest absolute Gasteiger partial charge is 0.231 e. The summed E-state index contributed by atoms with van der Waals surface area (Å²) in [6.45, 7) is 1.74. The van der Waals surface area contributed by atoms with Gasteiger partial charge in [0.05, 0.1) is 11.7 Å². The third-order valence-corrected chi connectivity index (χ3v) is 5.30. The predicted molar refractivity (Wildman–Crippen MR) is 104 cm³/mol. The molecule has 0 aliphatic carbocycles. The van der Waals surface area contributed by atoms with Crippen molar-refractivity contribution >= 4 is 5.91 Å². The number of aromatic nitrogens is 2.